The Bertz CT molecular complexity index is 742. The molecule has 1 atom stereocenters. The van der Waals surface area contributed by atoms with Crippen molar-refractivity contribution in [2.24, 2.45) is 0 Å². The first-order valence-corrected chi connectivity index (χ1v) is 9.18. The molecule has 1 amide bonds. The van der Waals surface area contributed by atoms with Crippen LogP contribution in [0.4, 0.5) is 0 Å². The van der Waals surface area contributed by atoms with Crippen LogP contribution in [0.15, 0.2) is 30.3 Å². The molecule has 25 heavy (non-hydrogen) atoms. The Morgan fingerprint density at radius 3 is 2.76 bits per heavy atom. The fraction of sp³-hybridized carbons (Fsp3) is 0.526. The number of carbonyl (C=O) groups excluding carboxylic acids is 1. The van der Waals surface area contributed by atoms with E-state index in [0.717, 1.165) is 57.2 Å². The van der Waals surface area contributed by atoms with Crippen molar-refractivity contribution in [3.63, 3.8) is 0 Å². The first-order chi connectivity index (χ1) is 12.2. The third kappa shape index (κ3) is 3.31. The molecule has 1 aromatic heterocycles. The van der Waals surface area contributed by atoms with Gasteiger partial charge in [-0.1, -0.05) is 30.3 Å². The minimum Gasteiger partial charge on any atom is -0.341 e. The molecule has 4 rings (SSSR count). The number of amides is 1. The number of hydrogen-bond donors (Lipinski definition) is 0. The number of benzene rings is 1. The van der Waals surface area contributed by atoms with Crippen LogP contribution in [0.5, 0.6) is 0 Å². The summed E-state index contributed by atoms with van der Waals surface area (Å²) < 4.78 is 2.26. The van der Waals surface area contributed by atoms with Gasteiger partial charge in [0.1, 0.15) is 11.6 Å². The number of fused-ring (bicyclic) bond motifs is 1. The fourth-order valence-electron chi connectivity index (χ4n) is 4.03. The van der Waals surface area contributed by atoms with Crippen LogP contribution in [0.1, 0.15) is 43.0 Å². The predicted octanol–water partition coefficient (Wildman–Crippen LogP) is 2.02. The minimum absolute atomic E-state index is 0.145. The molecule has 2 aliphatic heterocycles. The first-order valence-electron chi connectivity index (χ1n) is 9.18. The lowest BCUT2D eigenvalue weighted by Crippen LogP contribution is -2.32. The quantitative estimate of drug-likeness (QED) is 0.858. The molecule has 1 fully saturated rings. The van der Waals surface area contributed by atoms with E-state index >= 15 is 0 Å². The zero-order valence-electron chi connectivity index (χ0n) is 14.8. The Hall–Kier alpha value is -2.21. The van der Waals surface area contributed by atoms with Gasteiger partial charge in [-0.2, -0.15) is 0 Å². The molecule has 0 radical (unpaired) electrons. The number of hydrogen-bond acceptors (Lipinski definition) is 4. The Balaban J connectivity index is 1.54. The number of rotatable bonds is 3. The second kappa shape index (κ2) is 6.96. The first kappa shape index (κ1) is 16.3. The van der Waals surface area contributed by atoms with Gasteiger partial charge in [0.15, 0.2) is 0 Å². The predicted molar refractivity (Wildman–Crippen MR) is 94.8 cm³/mol. The molecule has 0 unspecified atom stereocenters. The monoisotopic (exact) mass is 339 g/mol. The Kier molecular flexibility index (Phi) is 4.53. The van der Waals surface area contributed by atoms with Crippen molar-refractivity contribution in [3.8, 4) is 0 Å². The SMILES string of the molecule is CC(=O)N1CCc2nnc([C@H]3CCCN3Cc3ccccc3)n2CC1. The summed E-state index contributed by atoms with van der Waals surface area (Å²) in [7, 11) is 0. The summed E-state index contributed by atoms with van der Waals surface area (Å²) in [5.74, 6) is 2.24. The summed E-state index contributed by atoms with van der Waals surface area (Å²) in [5, 5.41) is 9.00. The molecule has 0 N–H and O–H groups in total. The largest absolute Gasteiger partial charge is 0.341 e. The van der Waals surface area contributed by atoms with Crippen LogP contribution in [0.2, 0.25) is 0 Å². The molecule has 2 aromatic rings. The smallest absolute Gasteiger partial charge is 0.219 e. The summed E-state index contributed by atoms with van der Waals surface area (Å²) >= 11 is 0. The molecule has 1 aromatic carbocycles. The lowest BCUT2D eigenvalue weighted by Gasteiger charge is -2.24. The number of likely N-dealkylation sites (tertiary alicyclic amines) is 1. The Morgan fingerprint density at radius 1 is 1.12 bits per heavy atom. The highest BCUT2D eigenvalue weighted by molar-refractivity contribution is 5.73. The maximum Gasteiger partial charge on any atom is 0.219 e. The van der Waals surface area contributed by atoms with Gasteiger partial charge in [0.25, 0.3) is 0 Å². The highest BCUT2D eigenvalue weighted by Gasteiger charge is 2.32. The average Bonchev–Trinajstić information content (AvgIpc) is 3.16. The lowest BCUT2D eigenvalue weighted by atomic mass is 10.1. The molecule has 3 heterocycles. The van der Waals surface area contributed by atoms with Gasteiger partial charge in [-0.25, -0.2) is 0 Å². The minimum atomic E-state index is 0.145. The molecular formula is C19H25N5O. The molecule has 0 saturated carbocycles. The van der Waals surface area contributed by atoms with Gasteiger partial charge in [0, 0.05) is 39.5 Å². The maximum absolute atomic E-state index is 11.7. The van der Waals surface area contributed by atoms with Crippen LogP contribution in [-0.2, 0) is 24.3 Å². The second-order valence-corrected chi connectivity index (χ2v) is 7.00. The van der Waals surface area contributed by atoms with Gasteiger partial charge in [-0.05, 0) is 24.9 Å². The summed E-state index contributed by atoms with van der Waals surface area (Å²) in [6.45, 7) is 5.98. The average molecular weight is 339 g/mol. The highest BCUT2D eigenvalue weighted by atomic mass is 16.2. The van der Waals surface area contributed by atoms with Crippen LogP contribution in [0, 0.1) is 0 Å². The second-order valence-electron chi connectivity index (χ2n) is 7.00. The molecule has 2 aliphatic rings. The Morgan fingerprint density at radius 2 is 1.96 bits per heavy atom. The van der Waals surface area contributed by atoms with E-state index in [-0.39, 0.29) is 5.91 Å². The number of nitrogens with zero attached hydrogens (tertiary/aromatic N) is 5. The van der Waals surface area contributed by atoms with Gasteiger partial charge in [-0.3, -0.25) is 9.69 Å². The zero-order chi connectivity index (χ0) is 17.2. The maximum atomic E-state index is 11.7. The van der Waals surface area contributed by atoms with E-state index in [1.54, 1.807) is 6.92 Å². The summed E-state index contributed by atoms with van der Waals surface area (Å²) in [4.78, 5) is 16.1. The van der Waals surface area contributed by atoms with Crippen molar-refractivity contribution < 1.29 is 4.79 Å². The third-order valence-corrected chi connectivity index (χ3v) is 5.39. The molecule has 6 heteroatoms. The van der Waals surface area contributed by atoms with E-state index in [2.05, 4.69) is 50.0 Å². The zero-order valence-corrected chi connectivity index (χ0v) is 14.8. The van der Waals surface area contributed by atoms with Crippen LogP contribution < -0.4 is 0 Å². The van der Waals surface area contributed by atoms with Crippen LogP contribution >= 0.6 is 0 Å². The van der Waals surface area contributed by atoms with Gasteiger partial charge < -0.3 is 9.47 Å². The van der Waals surface area contributed by atoms with Crippen molar-refractivity contribution in [1.82, 2.24) is 24.6 Å². The fourth-order valence-corrected chi connectivity index (χ4v) is 4.03. The molecule has 0 aliphatic carbocycles. The van der Waals surface area contributed by atoms with E-state index in [4.69, 9.17) is 0 Å². The standard InChI is InChI=1S/C19H25N5O/c1-15(25)22-11-9-18-20-21-19(24(18)13-12-22)17-8-5-10-23(17)14-16-6-3-2-4-7-16/h2-4,6-7,17H,5,8-14H2,1H3/t17-/m1/s1. The van der Waals surface area contributed by atoms with Crippen molar-refractivity contribution >= 4 is 5.91 Å². The number of carbonyl (C=O) groups is 1. The van der Waals surface area contributed by atoms with Crippen LogP contribution in [-0.4, -0.2) is 50.1 Å². The Labute approximate surface area is 148 Å². The summed E-state index contributed by atoms with van der Waals surface area (Å²) in [6, 6.07) is 10.9. The van der Waals surface area contributed by atoms with E-state index < -0.39 is 0 Å². The van der Waals surface area contributed by atoms with Gasteiger partial charge in [0.05, 0.1) is 6.04 Å². The van der Waals surface area contributed by atoms with Crippen LogP contribution in [0.25, 0.3) is 0 Å². The van der Waals surface area contributed by atoms with E-state index in [9.17, 15) is 4.79 Å². The van der Waals surface area contributed by atoms with Gasteiger partial charge in [-0.15, -0.1) is 10.2 Å². The van der Waals surface area contributed by atoms with Crippen LogP contribution in [0.3, 0.4) is 0 Å². The van der Waals surface area contributed by atoms with Crippen molar-refractivity contribution in [2.75, 3.05) is 19.6 Å². The molecule has 0 spiro atoms. The van der Waals surface area contributed by atoms with Crippen molar-refractivity contribution in [1.29, 1.82) is 0 Å². The number of aromatic nitrogens is 3. The summed E-state index contributed by atoms with van der Waals surface area (Å²) in [6.07, 6.45) is 3.11. The molecule has 0 bridgehead atoms. The summed E-state index contributed by atoms with van der Waals surface area (Å²) in [5.41, 5.74) is 1.34. The third-order valence-electron chi connectivity index (χ3n) is 5.39. The molecule has 6 nitrogen and oxygen atoms in total. The highest BCUT2D eigenvalue weighted by Crippen LogP contribution is 2.32. The lowest BCUT2D eigenvalue weighted by molar-refractivity contribution is -0.128. The molecule has 1 saturated heterocycles. The van der Waals surface area contributed by atoms with E-state index in [1.807, 2.05) is 4.90 Å². The molecule has 132 valence electrons. The topological polar surface area (TPSA) is 54.3 Å². The molecular weight excluding hydrogens is 314 g/mol. The van der Waals surface area contributed by atoms with Gasteiger partial charge in [0.2, 0.25) is 5.91 Å². The van der Waals surface area contributed by atoms with Crippen molar-refractivity contribution in [3.05, 3.63) is 47.5 Å². The van der Waals surface area contributed by atoms with E-state index in [0.29, 0.717) is 6.04 Å². The van der Waals surface area contributed by atoms with Crippen molar-refractivity contribution in [2.45, 2.75) is 45.3 Å². The van der Waals surface area contributed by atoms with E-state index in [1.165, 1.54) is 12.0 Å². The normalized spacial score (nSPS) is 21.2. The van der Waals surface area contributed by atoms with Gasteiger partial charge >= 0.3 is 0 Å².